The van der Waals surface area contributed by atoms with Gasteiger partial charge in [0.1, 0.15) is 6.04 Å². The second-order valence-electron chi connectivity index (χ2n) is 6.54. The van der Waals surface area contributed by atoms with E-state index in [9.17, 15) is 9.59 Å². The summed E-state index contributed by atoms with van der Waals surface area (Å²) in [6.45, 7) is 4.88. The quantitative estimate of drug-likeness (QED) is 0.618. The lowest BCUT2D eigenvalue weighted by Crippen LogP contribution is -2.53. The minimum Gasteiger partial charge on any atom is -0.385 e. The lowest BCUT2D eigenvalue weighted by Gasteiger charge is -2.30. The molecule has 25 heavy (non-hydrogen) atoms. The molecule has 2 amide bonds. The maximum Gasteiger partial charge on any atom is 0.251 e. The molecule has 0 spiro atoms. The third kappa shape index (κ3) is 6.14. The minimum atomic E-state index is -0.501. The molecule has 1 aromatic rings. The Balaban J connectivity index is 2.01. The molecule has 138 valence electrons. The van der Waals surface area contributed by atoms with Gasteiger partial charge in [0, 0.05) is 25.8 Å². The van der Waals surface area contributed by atoms with Gasteiger partial charge in [-0.1, -0.05) is 17.7 Å². The number of piperidine rings is 1. The number of hydrogen-bond donors (Lipinski definition) is 3. The topological polar surface area (TPSA) is 79.5 Å². The molecule has 1 heterocycles. The Bertz CT molecular complexity index is 554. The van der Waals surface area contributed by atoms with Crippen LogP contribution in [0.4, 0.5) is 0 Å². The van der Waals surface area contributed by atoms with Crippen molar-refractivity contribution in [3.8, 4) is 0 Å². The number of carbonyl (C=O) groups excluding carboxylic acids is 2. The summed E-state index contributed by atoms with van der Waals surface area (Å²) in [6.07, 6.45) is 2.52. The number of methoxy groups -OCH3 is 1. The van der Waals surface area contributed by atoms with Crippen LogP contribution in [0.1, 0.15) is 35.2 Å². The van der Waals surface area contributed by atoms with Crippen LogP contribution in [-0.4, -0.2) is 51.2 Å². The largest absolute Gasteiger partial charge is 0.385 e. The fourth-order valence-corrected chi connectivity index (χ4v) is 3.04. The van der Waals surface area contributed by atoms with Crippen LogP contribution in [0, 0.1) is 12.8 Å². The summed E-state index contributed by atoms with van der Waals surface area (Å²) < 4.78 is 5.00. The Morgan fingerprint density at radius 1 is 1.24 bits per heavy atom. The van der Waals surface area contributed by atoms with Gasteiger partial charge in [-0.05, 0) is 57.3 Å². The molecule has 6 heteroatoms. The number of rotatable bonds is 8. The van der Waals surface area contributed by atoms with Crippen LogP contribution in [0.2, 0.25) is 0 Å². The fourth-order valence-electron chi connectivity index (χ4n) is 3.04. The van der Waals surface area contributed by atoms with Crippen LogP contribution in [0.5, 0.6) is 0 Å². The Morgan fingerprint density at radius 3 is 2.56 bits per heavy atom. The van der Waals surface area contributed by atoms with Gasteiger partial charge in [0.05, 0.1) is 0 Å². The first kappa shape index (κ1) is 19.4. The molecule has 0 aromatic heterocycles. The summed E-state index contributed by atoms with van der Waals surface area (Å²) >= 11 is 0. The van der Waals surface area contributed by atoms with Gasteiger partial charge < -0.3 is 20.7 Å². The molecule has 1 unspecified atom stereocenters. The molecule has 3 N–H and O–H groups in total. The van der Waals surface area contributed by atoms with Crippen LogP contribution in [-0.2, 0) is 9.53 Å². The third-order valence-electron chi connectivity index (χ3n) is 4.56. The van der Waals surface area contributed by atoms with E-state index in [1.54, 1.807) is 19.2 Å². The predicted octanol–water partition coefficient (Wildman–Crippen LogP) is 1.25. The summed E-state index contributed by atoms with van der Waals surface area (Å²) in [5.41, 5.74) is 1.68. The maximum atomic E-state index is 12.6. The summed E-state index contributed by atoms with van der Waals surface area (Å²) in [4.78, 5) is 25.2. The summed E-state index contributed by atoms with van der Waals surface area (Å²) in [6, 6.07) is 6.89. The average Bonchev–Trinajstić information content (AvgIpc) is 2.64. The monoisotopic (exact) mass is 347 g/mol. The molecule has 6 nitrogen and oxygen atoms in total. The van der Waals surface area contributed by atoms with Crippen LogP contribution in [0.3, 0.4) is 0 Å². The van der Waals surface area contributed by atoms with Crippen molar-refractivity contribution in [3.05, 3.63) is 35.4 Å². The molecule has 1 atom stereocenters. The van der Waals surface area contributed by atoms with E-state index < -0.39 is 6.04 Å². The molecule has 0 saturated carbocycles. The first-order valence-corrected chi connectivity index (χ1v) is 8.96. The number of ether oxygens (including phenoxy) is 1. The standard InChI is InChI=1S/C19H29N3O3/c1-14-4-6-16(7-5-14)18(23)22-17(15-8-11-20-12-9-15)19(24)21-10-3-13-25-2/h4-7,15,17,20H,3,8-13H2,1-2H3,(H,21,24)(H,22,23). The second-order valence-corrected chi connectivity index (χ2v) is 6.54. The first-order valence-electron chi connectivity index (χ1n) is 8.96. The van der Waals surface area contributed by atoms with Crippen molar-refractivity contribution in [1.82, 2.24) is 16.0 Å². The van der Waals surface area contributed by atoms with Gasteiger partial charge in [0.25, 0.3) is 5.91 Å². The van der Waals surface area contributed by atoms with E-state index in [1.807, 2.05) is 19.1 Å². The Morgan fingerprint density at radius 2 is 1.92 bits per heavy atom. The van der Waals surface area contributed by atoms with E-state index in [1.165, 1.54) is 0 Å². The molecule has 1 saturated heterocycles. The van der Waals surface area contributed by atoms with Crippen LogP contribution >= 0.6 is 0 Å². The highest BCUT2D eigenvalue weighted by Crippen LogP contribution is 2.17. The zero-order valence-electron chi connectivity index (χ0n) is 15.1. The van der Waals surface area contributed by atoms with Crippen LogP contribution in [0.25, 0.3) is 0 Å². The van der Waals surface area contributed by atoms with Crippen LogP contribution in [0.15, 0.2) is 24.3 Å². The lowest BCUT2D eigenvalue weighted by atomic mass is 9.89. The number of nitrogens with one attached hydrogen (secondary N) is 3. The van der Waals surface area contributed by atoms with Crippen LogP contribution < -0.4 is 16.0 Å². The number of amides is 2. The third-order valence-corrected chi connectivity index (χ3v) is 4.56. The van der Waals surface area contributed by atoms with E-state index in [0.29, 0.717) is 18.7 Å². The normalized spacial score (nSPS) is 16.2. The summed E-state index contributed by atoms with van der Waals surface area (Å²) in [7, 11) is 1.64. The van der Waals surface area contributed by atoms with Crippen molar-refractivity contribution in [2.24, 2.45) is 5.92 Å². The SMILES string of the molecule is COCCCNC(=O)C(NC(=O)c1ccc(C)cc1)C1CCNCC1. The number of benzene rings is 1. The van der Waals surface area contributed by atoms with Gasteiger partial charge in [-0.15, -0.1) is 0 Å². The fraction of sp³-hybridized carbons (Fsp3) is 0.579. The Labute approximate surface area is 149 Å². The van der Waals surface area contributed by atoms with E-state index >= 15 is 0 Å². The van der Waals surface area contributed by atoms with Gasteiger partial charge in [0.15, 0.2) is 0 Å². The Hall–Kier alpha value is -1.92. The minimum absolute atomic E-state index is 0.108. The Kier molecular flexibility index (Phi) is 7.88. The van der Waals surface area contributed by atoms with Crippen molar-refractivity contribution < 1.29 is 14.3 Å². The van der Waals surface area contributed by atoms with Crippen molar-refractivity contribution in [2.45, 2.75) is 32.2 Å². The molecule has 1 fully saturated rings. The smallest absolute Gasteiger partial charge is 0.251 e. The number of aryl methyl sites for hydroxylation is 1. The molecule has 1 aromatic carbocycles. The molecular formula is C19H29N3O3. The molecule has 0 bridgehead atoms. The van der Waals surface area contributed by atoms with Gasteiger partial charge >= 0.3 is 0 Å². The highest BCUT2D eigenvalue weighted by Gasteiger charge is 2.30. The molecule has 0 radical (unpaired) electrons. The lowest BCUT2D eigenvalue weighted by molar-refractivity contribution is -0.124. The van der Waals surface area contributed by atoms with E-state index in [4.69, 9.17) is 4.74 Å². The van der Waals surface area contributed by atoms with Crippen molar-refractivity contribution in [3.63, 3.8) is 0 Å². The predicted molar refractivity (Wildman–Crippen MR) is 97.5 cm³/mol. The zero-order valence-corrected chi connectivity index (χ0v) is 15.1. The van der Waals surface area contributed by atoms with E-state index in [0.717, 1.165) is 37.9 Å². The van der Waals surface area contributed by atoms with Gasteiger partial charge in [0.2, 0.25) is 5.91 Å². The van der Waals surface area contributed by atoms with Gasteiger partial charge in [-0.25, -0.2) is 0 Å². The zero-order chi connectivity index (χ0) is 18.1. The molecular weight excluding hydrogens is 318 g/mol. The van der Waals surface area contributed by atoms with Crippen molar-refractivity contribution in [2.75, 3.05) is 33.4 Å². The van der Waals surface area contributed by atoms with Gasteiger partial charge in [-0.3, -0.25) is 9.59 Å². The summed E-state index contributed by atoms with van der Waals surface area (Å²) in [5.74, 6) is -0.155. The first-order chi connectivity index (χ1) is 12.1. The molecule has 0 aliphatic carbocycles. The highest BCUT2D eigenvalue weighted by atomic mass is 16.5. The highest BCUT2D eigenvalue weighted by molar-refractivity contribution is 5.97. The number of carbonyl (C=O) groups is 2. The van der Waals surface area contributed by atoms with Crippen molar-refractivity contribution >= 4 is 11.8 Å². The average molecular weight is 347 g/mol. The van der Waals surface area contributed by atoms with E-state index in [2.05, 4.69) is 16.0 Å². The van der Waals surface area contributed by atoms with Gasteiger partial charge in [-0.2, -0.15) is 0 Å². The van der Waals surface area contributed by atoms with E-state index in [-0.39, 0.29) is 17.7 Å². The molecule has 1 aliphatic heterocycles. The van der Waals surface area contributed by atoms with Crippen molar-refractivity contribution in [1.29, 1.82) is 0 Å². The maximum absolute atomic E-state index is 12.6. The summed E-state index contributed by atoms with van der Waals surface area (Å²) in [5, 5.41) is 9.18. The molecule has 2 rings (SSSR count). The molecule has 1 aliphatic rings. The second kappa shape index (κ2) is 10.2. The number of hydrogen-bond acceptors (Lipinski definition) is 4.